The monoisotopic (exact) mass is 447 g/mol. The molecule has 0 saturated heterocycles. The van der Waals surface area contributed by atoms with Gasteiger partial charge in [-0.1, -0.05) is 12.1 Å². The van der Waals surface area contributed by atoms with Gasteiger partial charge in [-0.3, -0.25) is 19.3 Å². The van der Waals surface area contributed by atoms with Gasteiger partial charge in [0.1, 0.15) is 0 Å². The van der Waals surface area contributed by atoms with Gasteiger partial charge in [0.05, 0.1) is 48.6 Å². The van der Waals surface area contributed by atoms with Crippen LogP contribution in [0.5, 0.6) is 11.5 Å². The van der Waals surface area contributed by atoms with Crippen LogP contribution in [0.3, 0.4) is 0 Å². The number of amides is 3. The van der Waals surface area contributed by atoms with Gasteiger partial charge in [0.25, 0.3) is 11.8 Å². The Kier molecular flexibility index (Phi) is 6.31. The topological polar surface area (TPSA) is 109 Å². The lowest BCUT2D eigenvalue weighted by Gasteiger charge is -2.26. The molecule has 1 saturated carbocycles. The molecule has 3 amide bonds. The van der Waals surface area contributed by atoms with Crippen LogP contribution in [-0.2, 0) is 4.79 Å². The number of ether oxygens (including phenoxy) is 2. The van der Waals surface area contributed by atoms with Crippen LogP contribution in [0.15, 0.2) is 36.4 Å². The van der Waals surface area contributed by atoms with Crippen LogP contribution >= 0.6 is 0 Å². The molecule has 1 N–H and O–H groups in total. The highest BCUT2D eigenvalue weighted by molar-refractivity contribution is 6.24. The summed E-state index contributed by atoms with van der Waals surface area (Å²) in [4.78, 5) is 39.3. The van der Waals surface area contributed by atoms with E-state index in [9.17, 15) is 19.6 Å². The normalized spacial score (nSPS) is 16.3. The Hall–Kier alpha value is -3.86. The molecular weight excluding hydrogens is 422 g/mol. The van der Waals surface area contributed by atoms with Gasteiger partial charge in [0.15, 0.2) is 11.5 Å². The number of nitrogens with one attached hydrogen (secondary N) is 1. The number of nitriles is 1. The molecule has 0 bridgehead atoms. The van der Waals surface area contributed by atoms with E-state index in [1.165, 1.54) is 6.92 Å². The van der Waals surface area contributed by atoms with Gasteiger partial charge >= 0.3 is 0 Å². The summed E-state index contributed by atoms with van der Waals surface area (Å²) in [5.41, 5.74) is 1.21. The van der Waals surface area contributed by atoms with Crippen molar-refractivity contribution in [3.63, 3.8) is 0 Å². The molecule has 0 spiro atoms. The highest BCUT2D eigenvalue weighted by Gasteiger charge is 2.42. The molecule has 1 aliphatic carbocycles. The Morgan fingerprint density at radius 1 is 1.18 bits per heavy atom. The van der Waals surface area contributed by atoms with Crippen molar-refractivity contribution in [2.75, 3.05) is 12.4 Å². The Morgan fingerprint density at radius 2 is 1.94 bits per heavy atom. The number of rotatable bonds is 7. The SMILES string of the molecule is COc1ccc(C(CC#N)N2C(=O)c3cccc(NC(C)=O)c3C2=O)cc1OC1CCCC1. The minimum absolute atomic E-state index is 0.0862. The van der Waals surface area contributed by atoms with E-state index in [4.69, 9.17) is 9.47 Å². The largest absolute Gasteiger partial charge is 0.493 e. The van der Waals surface area contributed by atoms with E-state index < -0.39 is 17.9 Å². The van der Waals surface area contributed by atoms with Crippen LogP contribution in [-0.4, -0.2) is 35.8 Å². The zero-order chi connectivity index (χ0) is 23.5. The minimum atomic E-state index is -0.815. The van der Waals surface area contributed by atoms with Crippen molar-refractivity contribution in [3.8, 4) is 17.6 Å². The second kappa shape index (κ2) is 9.33. The van der Waals surface area contributed by atoms with Crippen molar-refractivity contribution >= 4 is 23.4 Å². The van der Waals surface area contributed by atoms with Crippen molar-refractivity contribution in [1.82, 2.24) is 4.90 Å². The number of anilines is 1. The van der Waals surface area contributed by atoms with Gasteiger partial charge < -0.3 is 14.8 Å². The molecule has 0 radical (unpaired) electrons. The first kappa shape index (κ1) is 22.3. The Morgan fingerprint density at radius 3 is 2.61 bits per heavy atom. The summed E-state index contributed by atoms with van der Waals surface area (Å²) >= 11 is 0. The molecule has 1 unspecified atom stereocenters. The first-order chi connectivity index (χ1) is 15.9. The van der Waals surface area contributed by atoms with Crippen LogP contribution in [0.25, 0.3) is 0 Å². The quantitative estimate of drug-likeness (QED) is 0.637. The zero-order valence-electron chi connectivity index (χ0n) is 18.6. The number of methoxy groups -OCH3 is 1. The lowest BCUT2D eigenvalue weighted by Crippen LogP contribution is -2.34. The van der Waals surface area contributed by atoms with Crippen LogP contribution in [0, 0.1) is 11.3 Å². The van der Waals surface area contributed by atoms with Crippen LogP contribution < -0.4 is 14.8 Å². The summed E-state index contributed by atoms with van der Waals surface area (Å²) in [6.45, 7) is 1.33. The molecule has 4 rings (SSSR count). The molecule has 2 aromatic rings. The number of carbonyl (C=O) groups is 3. The molecule has 33 heavy (non-hydrogen) atoms. The van der Waals surface area contributed by atoms with Gasteiger partial charge in [0, 0.05) is 6.92 Å². The van der Waals surface area contributed by atoms with Gasteiger partial charge in [-0.15, -0.1) is 0 Å². The number of hydrogen-bond donors (Lipinski definition) is 1. The Balaban J connectivity index is 1.72. The van der Waals surface area contributed by atoms with Crippen molar-refractivity contribution in [1.29, 1.82) is 5.26 Å². The molecule has 2 aromatic carbocycles. The van der Waals surface area contributed by atoms with Crippen molar-refractivity contribution in [2.45, 2.75) is 51.2 Å². The summed E-state index contributed by atoms with van der Waals surface area (Å²) in [6.07, 6.45) is 4.13. The highest BCUT2D eigenvalue weighted by atomic mass is 16.5. The first-order valence-corrected chi connectivity index (χ1v) is 10.9. The summed E-state index contributed by atoms with van der Waals surface area (Å²) in [5.74, 6) is -0.318. The van der Waals surface area contributed by atoms with E-state index >= 15 is 0 Å². The van der Waals surface area contributed by atoms with Crippen LogP contribution in [0.1, 0.15) is 71.3 Å². The van der Waals surface area contributed by atoms with Crippen LogP contribution in [0.4, 0.5) is 5.69 Å². The number of imide groups is 1. The maximum Gasteiger partial charge on any atom is 0.264 e. The maximum atomic E-state index is 13.4. The number of carbonyl (C=O) groups excluding carboxylic acids is 3. The average molecular weight is 447 g/mol. The van der Waals surface area contributed by atoms with E-state index in [0.717, 1.165) is 30.6 Å². The van der Waals surface area contributed by atoms with Gasteiger partial charge in [0.2, 0.25) is 5.91 Å². The number of benzene rings is 2. The Labute approximate surface area is 192 Å². The molecule has 8 nitrogen and oxygen atoms in total. The summed E-state index contributed by atoms with van der Waals surface area (Å²) < 4.78 is 11.6. The van der Waals surface area contributed by atoms with E-state index in [0.29, 0.717) is 17.1 Å². The second-order valence-corrected chi connectivity index (χ2v) is 8.20. The smallest absolute Gasteiger partial charge is 0.264 e. The second-order valence-electron chi connectivity index (χ2n) is 8.20. The average Bonchev–Trinajstić information content (AvgIpc) is 3.39. The minimum Gasteiger partial charge on any atom is -0.493 e. The molecule has 1 aliphatic heterocycles. The zero-order valence-corrected chi connectivity index (χ0v) is 18.6. The number of hydrogen-bond acceptors (Lipinski definition) is 6. The number of fused-ring (bicyclic) bond motifs is 1. The molecule has 8 heteroatoms. The standard InChI is InChI=1S/C25H25N3O5/c1-15(29)27-19-9-5-8-18-23(19)25(31)28(24(18)30)20(12-13-26)16-10-11-21(32-2)22(14-16)33-17-6-3-4-7-17/h5,8-11,14,17,20H,3-4,6-7,12H2,1-2H3,(H,27,29). The summed E-state index contributed by atoms with van der Waals surface area (Å²) in [7, 11) is 1.55. The maximum absolute atomic E-state index is 13.4. The van der Waals surface area contributed by atoms with Gasteiger partial charge in [-0.2, -0.15) is 5.26 Å². The third-order valence-electron chi connectivity index (χ3n) is 6.02. The lowest BCUT2D eigenvalue weighted by molar-refractivity contribution is -0.114. The van der Waals surface area contributed by atoms with Gasteiger partial charge in [-0.25, -0.2) is 0 Å². The van der Waals surface area contributed by atoms with Crippen molar-refractivity contribution < 1.29 is 23.9 Å². The molecule has 1 fully saturated rings. The van der Waals surface area contributed by atoms with E-state index in [-0.39, 0.29) is 35.2 Å². The predicted molar refractivity (Wildman–Crippen MR) is 120 cm³/mol. The van der Waals surface area contributed by atoms with E-state index in [1.54, 1.807) is 43.5 Å². The van der Waals surface area contributed by atoms with Crippen LogP contribution in [0.2, 0.25) is 0 Å². The fourth-order valence-corrected chi connectivity index (χ4v) is 4.50. The van der Waals surface area contributed by atoms with Gasteiger partial charge in [-0.05, 0) is 55.5 Å². The molecule has 1 atom stereocenters. The fraction of sp³-hybridized carbons (Fsp3) is 0.360. The molecule has 0 aromatic heterocycles. The third-order valence-corrected chi connectivity index (χ3v) is 6.02. The summed E-state index contributed by atoms with van der Waals surface area (Å²) in [6, 6.07) is 11.2. The third kappa shape index (κ3) is 4.27. The fourth-order valence-electron chi connectivity index (χ4n) is 4.50. The van der Waals surface area contributed by atoms with E-state index in [1.807, 2.05) is 0 Å². The molecule has 1 heterocycles. The summed E-state index contributed by atoms with van der Waals surface area (Å²) in [5, 5.41) is 12.1. The molecule has 2 aliphatic rings. The van der Waals surface area contributed by atoms with E-state index in [2.05, 4.69) is 11.4 Å². The Bertz CT molecular complexity index is 1150. The van der Waals surface area contributed by atoms with Crippen molar-refractivity contribution in [3.05, 3.63) is 53.1 Å². The van der Waals surface area contributed by atoms with Crippen molar-refractivity contribution in [2.24, 2.45) is 0 Å². The highest BCUT2D eigenvalue weighted by Crippen LogP contribution is 2.40. The lowest BCUT2D eigenvalue weighted by atomic mass is 10.0. The number of nitrogens with zero attached hydrogens (tertiary/aromatic N) is 2. The molecule has 170 valence electrons. The first-order valence-electron chi connectivity index (χ1n) is 10.9. The predicted octanol–water partition coefficient (Wildman–Crippen LogP) is 4.23. The molecular formula is C25H25N3O5.